The van der Waals surface area contributed by atoms with Crippen LogP contribution in [0.4, 0.5) is 16.2 Å². The van der Waals surface area contributed by atoms with Gasteiger partial charge in [-0.1, -0.05) is 0 Å². The fraction of sp³-hybridized carbons (Fsp3) is 0.429. The Hall–Kier alpha value is -2.02. The number of rotatable bonds is 4. The van der Waals surface area contributed by atoms with Crippen LogP contribution in [0.5, 0.6) is 0 Å². The molecule has 114 valence electrons. The summed E-state index contributed by atoms with van der Waals surface area (Å²) in [5, 5.41) is 5.87. The first kappa shape index (κ1) is 15.4. The van der Waals surface area contributed by atoms with Gasteiger partial charge in [-0.3, -0.25) is 0 Å². The highest BCUT2D eigenvalue weighted by molar-refractivity contribution is 7.16. The number of nitrogens with two attached hydrogens (primary N) is 1. The zero-order valence-corrected chi connectivity index (χ0v) is 13.2. The summed E-state index contributed by atoms with van der Waals surface area (Å²) in [5.74, 6) is 0. The molecule has 2 aromatic rings. The molecule has 0 unspecified atom stereocenters. The monoisotopic (exact) mass is 308 g/mol. The van der Waals surface area contributed by atoms with Crippen molar-refractivity contribution < 1.29 is 9.53 Å². The number of ether oxygens (including phenoxy) is 1. The minimum atomic E-state index is -0.488. The van der Waals surface area contributed by atoms with Crippen molar-refractivity contribution in [3.8, 4) is 0 Å². The summed E-state index contributed by atoms with van der Waals surface area (Å²) in [4.78, 5) is 15.7. The summed E-state index contributed by atoms with van der Waals surface area (Å²) in [6.45, 7) is 6.49. The smallest absolute Gasteiger partial charge is 0.407 e. The third-order valence-electron chi connectivity index (χ3n) is 2.65. The lowest BCUT2D eigenvalue weighted by atomic mass is 10.2. The molecule has 0 aliphatic carbocycles. The van der Waals surface area contributed by atoms with Gasteiger partial charge in [-0.2, -0.15) is 0 Å². The first-order chi connectivity index (χ1) is 9.87. The first-order valence-corrected chi connectivity index (χ1v) is 7.57. The number of thiazole rings is 1. The second-order valence-corrected chi connectivity index (χ2v) is 6.47. The van der Waals surface area contributed by atoms with Gasteiger partial charge in [0.2, 0.25) is 0 Å². The molecule has 1 aromatic carbocycles. The summed E-state index contributed by atoms with van der Waals surface area (Å²) >= 11 is 1.56. The molecule has 0 bridgehead atoms. The van der Waals surface area contributed by atoms with Gasteiger partial charge in [0.1, 0.15) is 11.1 Å². The van der Waals surface area contributed by atoms with Crippen molar-refractivity contribution in [3.05, 3.63) is 17.6 Å². The van der Waals surface area contributed by atoms with E-state index in [1.807, 2.05) is 32.9 Å². The zero-order chi connectivity index (χ0) is 15.5. The van der Waals surface area contributed by atoms with Crippen molar-refractivity contribution in [1.29, 1.82) is 0 Å². The van der Waals surface area contributed by atoms with Gasteiger partial charge in [0.25, 0.3) is 0 Å². The van der Waals surface area contributed by atoms with Crippen LogP contribution in [0.2, 0.25) is 0 Å². The summed E-state index contributed by atoms with van der Waals surface area (Å²) in [7, 11) is 0. The number of anilines is 2. The number of nitrogen functional groups attached to an aromatic ring is 1. The number of nitrogens with zero attached hydrogens (tertiary/aromatic N) is 1. The van der Waals surface area contributed by atoms with Crippen molar-refractivity contribution in [2.75, 3.05) is 24.1 Å². The molecule has 0 fully saturated rings. The minimum absolute atomic E-state index is 0.424. The largest absolute Gasteiger partial charge is 0.444 e. The van der Waals surface area contributed by atoms with Crippen molar-refractivity contribution in [2.45, 2.75) is 26.4 Å². The molecular weight excluding hydrogens is 288 g/mol. The van der Waals surface area contributed by atoms with Crippen LogP contribution >= 0.6 is 11.3 Å². The average molecular weight is 308 g/mol. The number of nitrogens with one attached hydrogen (secondary N) is 2. The SMILES string of the molecule is CC(C)(C)OC(=O)NCCNc1ccc2scnc2c1N. The van der Waals surface area contributed by atoms with Crippen molar-refractivity contribution >= 4 is 39.0 Å². The standard InChI is InChI=1S/C14H20N4O2S/c1-14(2,3)20-13(19)17-7-6-16-9-4-5-10-12(11(9)15)18-8-21-10/h4-5,8,16H,6-7,15H2,1-3H3,(H,17,19). The fourth-order valence-electron chi connectivity index (χ4n) is 1.78. The Bertz CT molecular complexity index is 633. The van der Waals surface area contributed by atoms with E-state index in [0.717, 1.165) is 15.9 Å². The molecule has 7 heteroatoms. The van der Waals surface area contributed by atoms with Crippen LogP contribution in [0.3, 0.4) is 0 Å². The molecule has 1 heterocycles. The van der Waals surface area contributed by atoms with Gasteiger partial charge in [0.15, 0.2) is 0 Å². The molecule has 1 amide bonds. The maximum Gasteiger partial charge on any atom is 0.407 e. The van der Waals surface area contributed by atoms with E-state index in [1.165, 1.54) is 0 Å². The molecule has 0 aliphatic heterocycles. The van der Waals surface area contributed by atoms with E-state index >= 15 is 0 Å². The summed E-state index contributed by atoms with van der Waals surface area (Å²) < 4.78 is 6.21. The highest BCUT2D eigenvalue weighted by Crippen LogP contribution is 2.29. The number of benzene rings is 1. The first-order valence-electron chi connectivity index (χ1n) is 6.69. The lowest BCUT2D eigenvalue weighted by Gasteiger charge is -2.19. The quantitative estimate of drug-likeness (QED) is 0.597. The number of alkyl carbamates (subject to hydrolysis) is 1. The summed E-state index contributed by atoms with van der Waals surface area (Å²) in [6, 6.07) is 3.90. The van der Waals surface area contributed by atoms with Gasteiger partial charge in [0, 0.05) is 13.1 Å². The van der Waals surface area contributed by atoms with Crippen LogP contribution in [-0.4, -0.2) is 29.8 Å². The molecular formula is C14H20N4O2S. The van der Waals surface area contributed by atoms with Gasteiger partial charge in [-0.15, -0.1) is 11.3 Å². The average Bonchev–Trinajstić information content (AvgIpc) is 2.84. The van der Waals surface area contributed by atoms with E-state index < -0.39 is 11.7 Å². The van der Waals surface area contributed by atoms with Gasteiger partial charge in [-0.25, -0.2) is 9.78 Å². The van der Waals surface area contributed by atoms with E-state index in [4.69, 9.17) is 10.5 Å². The number of hydrogen-bond donors (Lipinski definition) is 3. The van der Waals surface area contributed by atoms with E-state index in [2.05, 4.69) is 15.6 Å². The number of aromatic nitrogens is 1. The molecule has 21 heavy (non-hydrogen) atoms. The van der Waals surface area contributed by atoms with Gasteiger partial charge in [0.05, 0.1) is 21.6 Å². The van der Waals surface area contributed by atoms with E-state index in [1.54, 1.807) is 16.8 Å². The minimum Gasteiger partial charge on any atom is -0.444 e. The van der Waals surface area contributed by atoms with Crippen molar-refractivity contribution in [2.24, 2.45) is 0 Å². The number of hydrogen-bond acceptors (Lipinski definition) is 6. The van der Waals surface area contributed by atoms with Crippen LogP contribution < -0.4 is 16.4 Å². The Morgan fingerprint density at radius 1 is 1.38 bits per heavy atom. The second-order valence-electron chi connectivity index (χ2n) is 5.58. The van der Waals surface area contributed by atoms with E-state index in [-0.39, 0.29) is 0 Å². The predicted molar refractivity (Wildman–Crippen MR) is 86.8 cm³/mol. The van der Waals surface area contributed by atoms with Crippen LogP contribution in [0.1, 0.15) is 20.8 Å². The number of fused-ring (bicyclic) bond motifs is 1. The maximum atomic E-state index is 11.5. The Morgan fingerprint density at radius 2 is 2.14 bits per heavy atom. The molecule has 2 rings (SSSR count). The normalized spacial score (nSPS) is 11.4. The molecule has 4 N–H and O–H groups in total. The van der Waals surface area contributed by atoms with Crippen molar-refractivity contribution in [3.63, 3.8) is 0 Å². The number of amides is 1. The Kier molecular flexibility index (Phi) is 4.52. The number of carbonyl (C=O) groups excluding carboxylic acids is 1. The lowest BCUT2D eigenvalue weighted by Crippen LogP contribution is -2.35. The number of carbonyl (C=O) groups is 1. The highest BCUT2D eigenvalue weighted by atomic mass is 32.1. The second kappa shape index (κ2) is 6.17. The van der Waals surface area contributed by atoms with E-state index in [9.17, 15) is 4.79 Å². The van der Waals surface area contributed by atoms with Crippen molar-refractivity contribution in [1.82, 2.24) is 10.3 Å². The topological polar surface area (TPSA) is 89.3 Å². The van der Waals surface area contributed by atoms with Crippen LogP contribution in [0.15, 0.2) is 17.6 Å². The maximum absolute atomic E-state index is 11.5. The Balaban J connectivity index is 1.83. The molecule has 0 saturated carbocycles. The lowest BCUT2D eigenvalue weighted by molar-refractivity contribution is 0.0530. The third-order valence-corrected chi connectivity index (χ3v) is 3.44. The molecule has 0 saturated heterocycles. The Labute approximate surface area is 127 Å². The van der Waals surface area contributed by atoms with Crippen LogP contribution in [0, 0.1) is 0 Å². The summed E-state index contributed by atoms with van der Waals surface area (Å²) in [6.07, 6.45) is -0.424. The molecule has 0 aliphatic rings. The van der Waals surface area contributed by atoms with Gasteiger partial charge < -0.3 is 21.1 Å². The molecule has 0 spiro atoms. The van der Waals surface area contributed by atoms with Crippen LogP contribution in [-0.2, 0) is 4.74 Å². The highest BCUT2D eigenvalue weighted by Gasteiger charge is 2.15. The van der Waals surface area contributed by atoms with Gasteiger partial charge in [-0.05, 0) is 32.9 Å². The molecule has 0 radical (unpaired) electrons. The van der Waals surface area contributed by atoms with Crippen LogP contribution in [0.25, 0.3) is 10.2 Å². The predicted octanol–water partition coefficient (Wildman–Crippen LogP) is 2.82. The molecule has 1 aromatic heterocycles. The third kappa shape index (κ3) is 4.22. The fourth-order valence-corrected chi connectivity index (χ4v) is 2.47. The Morgan fingerprint density at radius 3 is 2.86 bits per heavy atom. The molecule has 6 nitrogen and oxygen atoms in total. The van der Waals surface area contributed by atoms with Gasteiger partial charge >= 0.3 is 6.09 Å². The van der Waals surface area contributed by atoms with E-state index in [0.29, 0.717) is 18.8 Å². The summed E-state index contributed by atoms with van der Waals surface area (Å²) in [5.41, 5.74) is 9.60. The zero-order valence-electron chi connectivity index (χ0n) is 12.4. The molecule has 0 atom stereocenters.